The Balaban J connectivity index is 2.03. The molecule has 1 aromatic rings. The maximum absolute atomic E-state index is 12.3. The molecule has 2 rings (SSSR count). The lowest BCUT2D eigenvalue weighted by Crippen LogP contribution is -2.47. The molecule has 0 bridgehead atoms. The van der Waals surface area contributed by atoms with E-state index >= 15 is 0 Å². The number of hydrogen-bond donors (Lipinski definition) is 2. The number of nitrogens with zero attached hydrogens (tertiary/aromatic N) is 1. The van der Waals surface area contributed by atoms with Gasteiger partial charge in [0.1, 0.15) is 4.90 Å². The molecule has 6 nitrogen and oxygen atoms in total. The van der Waals surface area contributed by atoms with Crippen LogP contribution in [0.15, 0.2) is 23.1 Å². The summed E-state index contributed by atoms with van der Waals surface area (Å²) in [6.07, 6.45) is -0.158. The van der Waals surface area contributed by atoms with Crippen molar-refractivity contribution < 1.29 is 13.2 Å². The molecule has 0 spiro atoms. The first-order valence-electron chi connectivity index (χ1n) is 6.81. The Morgan fingerprint density at radius 1 is 1.52 bits per heavy atom. The molecule has 8 heteroatoms. The number of nitrogens with one attached hydrogen (secondary N) is 1. The third kappa shape index (κ3) is 4.31. The van der Waals surface area contributed by atoms with Gasteiger partial charge in [0.25, 0.3) is 0 Å². The van der Waals surface area contributed by atoms with Crippen LogP contribution in [0.2, 0.25) is 5.02 Å². The molecular weight excluding hydrogens is 314 g/mol. The first-order chi connectivity index (χ1) is 9.92. The molecule has 0 amide bonds. The van der Waals surface area contributed by atoms with Crippen LogP contribution in [-0.4, -0.2) is 52.2 Å². The SMILES string of the molecule is CCN1CCOC(CNS(=O)(=O)c2cc(Cl)ccc2N)C1. The van der Waals surface area contributed by atoms with E-state index in [0.717, 1.165) is 13.1 Å². The van der Waals surface area contributed by atoms with Crippen molar-refractivity contribution >= 4 is 27.3 Å². The predicted molar refractivity (Wildman–Crippen MR) is 82.9 cm³/mol. The highest BCUT2D eigenvalue weighted by Gasteiger charge is 2.23. The van der Waals surface area contributed by atoms with Crippen molar-refractivity contribution in [1.29, 1.82) is 0 Å². The molecule has 1 heterocycles. The number of hydrogen-bond acceptors (Lipinski definition) is 5. The summed E-state index contributed by atoms with van der Waals surface area (Å²) in [5, 5.41) is 0.329. The summed E-state index contributed by atoms with van der Waals surface area (Å²) < 4.78 is 32.7. The number of halogens is 1. The lowest BCUT2D eigenvalue weighted by atomic mass is 10.3. The summed E-state index contributed by atoms with van der Waals surface area (Å²) >= 11 is 5.83. The molecule has 1 aliphatic heterocycles. The third-order valence-corrected chi connectivity index (χ3v) is 5.15. The van der Waals surface area contributed by atoms with Crippen LogP contribution in [-0.2, 0) is 14.8 Å². The van der Waals surface area contributed by atoms with Gasteiger partial charge < -0.3 is 10.5 Å². The van der Waals surface area contributed by atoms with Crippen LogP contribution in [0.5, 0.6) is 0 Å². The van der Waals surface area contributed by atoms with Gasteiger partial charge in [0, 0.05) is 24.7 Å². The highest BCUT2D eigenvalue weighted by Crippen LogP contribution is 2.22. The molecule has 1 aromatic carbocycles. The average molecular weight is 334 g/mol. The minimum atomic E-state index is -3.69. The maximum Gasteiger partial charge on any atom is 0.242 e. The number of likely N-dealkylation sites (N-methyl/N-ethyl adjacent to an activating group) is 1. The van der Waals surface area contributed by atoms with E-state index in [9.17, 15) is 8.42 Å². The summed E-state index contributed by atoms with van der Waals surface area (Å²) in [7, 11) is -3.69. The predicted octanol–water partition coefficient (Wildman–Crippen LogP) is 0.921. The van der Waals surface area contributed by atoms with E-state index in [1.165, 1.54) is 12.1 Å². The zero-order valence-corrected chi connectivity index (χ0v) is 13.5. The molecule has 0 aliphatic carbocycles. The number of ether oxygens (including phenoxy) is 1. The Bertz CT molecular complexity index is 594. The molecule has 3 N–H and O–H groups in total. The second-order valence-corrected chi connectivity index (χ2v) is 7.09. The van der Waals surface area contributed by atoms with Gasteiger partial charge in [-0.2, -0.15) is 0 Å². The number of benzene rings is 1. The quantitative estimate of drug-likeness (QED) is 0.783. The fourth-order valence-corrected chi connectivity index (χ4v) is 3.67. The van der Waals surface area contributed by atoms with E-state index in [1.807, 2.05) is 0 Å². The normalized spacial score (nSPS) is 20.6. The van der Waals surface area contributed by atoms with Crippen molar-refractivity contribution in [2.24, 2.45) is 0 Å². The fraction of sp³-hybridized carbons (Fsp3) is 0.538. The average Bonchev–Trinajstić information content (AvgIpc) is 2.48. The van der Waals surface area contributed by atoms with E-state index in [-0.39, 0.29) is 23.2 Å². The van der Waals surface area contributed by atoms with Gasteiger partial charge in [0.15, 0.2) is 0 Å². The summed E-state index contributed by atoms with van der Waals surface area (Å²) in [4.78, 5) is 2.22. The Morgan fingerprint density at radius 3 is 3.00 bits per heavy atom. The molecule has 0 aromatic heterocycles. The number of anilines is 1. The lowest BCUT2D eigenvalue weighted by molar-refractivity contribution is -0.0229. The van der Waals surface area contributed by atoms with Crippen LogP contribution in [0.4, 0.5) is 5.69 Å². The molecule has 1 fully saturated rings. The second-order valence-electron chi connectivity index (χ2n) is 4.92. The minimum absolute atomic E-state index is 0.00171. The van der Waals surface area contributed by atoms with E-state index in [2.05, 4.69) is 16.5 Å². The monoisotopic (exact) mass is 333 g/mol. The van der Waals surface area contributed by atoms with Crippen LogP contribution in [0.25, 0.3) is 0 Å². The second kappa shape index (κ2) is 6.93. The van der Waals surface area contributed by atoms with E-state index in [0.29, 0.717) is 18.2 Å². The van der Waals surface area contributed by atoms with Crippen LogP contribution >= 0.6 is 11.6 Å². The van der Waals surface area contributed by atoms with Gasteiger partial charge in [-0.25, -0.2) is 13.1 Å². The van der Waals surface area contributed by atoms with Crippen LogP contribution in [0.3, 0.4) is 0 Å². The number of nitrogens with two attached hydrogens (primary N) is 1. The number of morpholine rings is 1. The summed E-state index contributed by atoms with van der Waals surface area (Å²) in [6, 6.07) is 4.38. The Morgan fingerprint density at radius 2 is 2.29 bits per heavy atom. The molecule has 1 aliphatic rings. The first kappa shape index (κ1) is 16.5. The Hall–Kier alpha value is -0.860. The van der Waals surface area contributed by atoms with Crippen molar-refractivity contribution in [2.45, 2.75) is 17.9 Å². The molecule has 1 unspecified atom stereocenters. The van der Waals surface area contributed by atoms with Gasteiger partial charge in [-0.1, -0.05) is 18.5 Å². The number of nitrogen functional groups attached to an aromatic ring is 1. The van der Waals surface area contributed by atoms with Gasteiger partial charge in [0.2, 0.25) is 10.0 Å². The molecule has 0 radical (unpaired) electrons. The van der Waals surface area contributed by atoms with Crippen molar-refractivity contribution in [3.63, 3.8) is 0 Å². The third-order valence-electron chi connectivity index (χ3n) is 3.44. The molecule has 1 saturated heterocycles. The van der Waals surface area contributed by atoms with Crippen molar-refractivity contribution in [3.05, 3.63) is 23.2 Å². The highest BCUT2D eigenvalue weighted by atomic mass is 35.5. The summed E-state index contributed by atoms with van der Waals surface area (Å²) in [5.41, 5.74) is 5.88. The van der Waals surface area contributed by atoms with Gasteiger partial charge in [0.05, 0.1) is 18.4 Å². The molecule has 0 saturated carbocycles. The smallest absolute Gasteiger partial charge is 0.242 e. The molecule has 1 atom stereocenters. The molecular formula is C13H20ClN3O3S. The fourth-order valence-electron chi connectivity index (χ4n) is 2.21. The van der Waals surface area contributed by atoms with E-state index < -0.39 is 10.0 Å². The highest BCUT2D eigenvalue weighted by molar-refractivity contribution is 7.89. The standard InChI is InChI=1S/C13H20ClN3O3S/c1-2-17-5-6-20-11(9-17)8-16-21(18,19)13-7-10(14)3-4-12(13)15/h3-4,7,11,16H,2,5-6,8-9,15H2,1H3. The Labute approximate surface area is 130 Å². The van der Waals surface area contributed by atoms with Gasteiger partial charge in [-0.15, -0.1) is 0 Å². The number of sulfonamides is 1. The Kier molecular flexibility index (Phi) is 5.45. The van der Waals surface area contributed by atoms with Gasteiger partial charge in [-0.3, -0.25) is 4.90 Å². The topological polar surface area (TPSA) is 84.7 Å². The van der Waals surface area contributed by atoms with E-state index in [1.54, 1.807) is 6.07 Å². The zero-order chi connectivity index (χ0) is 15.5. The van der Waals surface area contributed by atoms with Crippen LogP contribution < -0.4 is 10.5 Å². The van der Waals surface area contributed by atoms with Gasteiger partial charge >= 0.3 is 0 Å². The minimum Gasteiger partial charge on any atom is -0.398 e. The zero-order valence-electron chi connectivity index (χ0n) is 11.9. The van der Waals surface area contributed by atoms with Crippen molar-refractivity contribution in [2.75, 3.05) is 38.5 Å². The van der Waals surface area contributed by atoms with Crippen LogP contribution in [0, 0.1) is 0 Å². The largest absolute Gasteiger partial charge is 0.398 e. The first-order valence-corrected chi connectivity index (χ1v) is 8.67. The summed E-state index contributed by atoms with van der Waals surface area (Å²) in [5.74, 6) is 0. The molecule has 21 heavy (non-hydrogen) atoms. The van der Waals surface area contributed by atoms with Crippen molar-refractivity contribution in [3.8, 4) is 0 Å². The van der Waals surface area contributed by atoms with Crippen molar-refractivity contribution in [1.82, 2.24) is 9.62 Å². The van der Waals surface area contributed by atoms with Crippen LogP contribution in [0.1, 0.15) is 6.92 Å². The lowest BCUT2D eigenvalue weighted by Gasteiger charge is -2.32. The van der Waals surface area contributed by atoms with E-state index in [4.69, 9.17) is 22.1 Å². The summed E-state index contributed by atoms with van der Waals surface area (Å²) in [6.45, 7) is 5.41. The maximum atomic E-state index is 12.3. The van der Waals surface area contributed by atoms with Gasteiger partial charge in [-0.05, 0) is 24.7 Å². The molecule has 118 valence electrons. The number of rotatable bonds is 5.